The van der Waals surface area contributed by atoms with E-state index in [1.807, 2.05) is 0 Å². The van der Waals surface area contributed by atoms with Gasteiger partial charge >= 0.3 is 41.8 Å². The molecule has 2 aliphatic rings. The van der Waals surface area contributed by atoms with Gasteiger partial charge in [0, 0.05) is 64.9 Å². The van der Waals surface area contributed by atoms with Gasteiger partial charge in [-0.2, -0.15) is 0 Å². The highest BCUT2D eigenvalue weighted by atomic mass is 16.6. The lowest BCUT2D eigenvalue weighted by molar-refractivity contribution is -0.194. The monoisotopic (exact) mass is 756 g/mol. The molecule has 9 atom stereocenters. The summed E-state index contributed by atoms with van der Waals surface area (Å²) in [5.41, 5.74) is -5.95. The lowest BCUT2D eigenvalue weighted by atomic mass is 9.72. The highest BCUT2D eigenvalue weighted by Crippen LogP contribution is 2.54. The Morgan fingerprint density at radius 2 is 1.17 bits per heavy atom. The van der Waals surface area contributed by atoms with Crippen molar-refractivity contribution in [3.05, 3.63) is 60.2 Å². The average Bonchev–Trinajstić information content (AvgIpc) is 3.27. The molecule has 1 saturated carbocycles. The van der Waals surface area contributed by atoms with E-state index >= 15 is 4.79 Å². The van der Waals surface area contributed by atoms with Crippen LogP contribution in [-0.2, 0) is 66.7 Å². The van der Waals surface area contributed by atoms with Crippen LogP contribution in [0.2, 0.25) is 0 Å². The summed E-state index contributed by atoms with van der Waals surface area (Å²) in [5.74, 6) is -10.1. The smallest absolute Gasteiger partial charge is 0.338 e. The van der Waals surface area contributed by atoms with Crippen LogP contribution in [0.4, 0.5) is 0 Å². The lowest BCUT2D eigenvalue weighted by Crippen LogP contribution is -2.59. The molecule has 0 radical (unpaired) electrons. The third-order valence-electron chi connectivity index (χ3n) is 9.25. The van der Waals surface area contributed by atoms with Gasteiger partial charge in [-0.15, -0.1) is 0 Å². The number of fused-ring (bicyclic) bond motifs is 1. The SMILES string of the molecule is C=C1[C@H](OC(C)=O)[C@@H](OC(C)=O)[C@@H](OC(C)=O)C(C)(C)C=C[C@H](C)C(=O)[C@@]2(OC(C)=O)C[C@@](C)(OC(=O)c3ccccc3)[C@H](OC(C)=O)[C@@H]2[C@H]1OC(C)=O. The Hall–Kier alpha value is -5.34. The molecular formula is C39H48O15. The molecule has 0 bridgehead atoms. The van der Waals surface area contributed by atoms with E-state index in [-0.39, 0.29) is 11.1 Å². The van der Waals surface area contributed by atoms with Crippen LogP contribution < -0.4 is 0 Å². The predicted octanol–water partition coefficient (Wildman–Crippen LogP) is 3.94. The second-order valence-electron chi connectivity index (χ2n) is 14.4. The average molecular weight is 757 g/mol. The van der Waals surface area contributed by atoms with Gasteiger partial charge in [0.2, 0.25) is 0 Å². The minimum atomic E-state index is -2.40. The first-order valence-electron chi connectivity index (χ1n) is 17.2. The fourth-order valence-corrected chi connectivity index (χ4v) is 7.25. The van der Waals surface area contributed by atoms with Crippen molar-refractivity contribution in [3.63, 3.8) is 0 Å². The maximum atomic E-state index is 15.0. The first-order valence-corrected chi connectivity index (χ1v) is 17.2. The van der Waals surface area contributed by atoms with E-state index in [0.717, 1.165) is 41.5 Å². The van der Waals surface area contributed by atoms with Crippen LogP contribution in [0.1, 0.15) is 86.0 Å². The molecule has 15 nitrogen and oxygen atoms in total. The number of hydrogen-bond acceptors (Lipinski definition) is 15. The van der Waals surface area contributed by atoms with E-state index in [1.165, 1.54) is 38.1 Å². The van der Waals surface area contributed by atoms with Gasteiger partial charge in [-0.25, -0.2) is 4.79 Å². The third kappa shape index (κ3) is 9.60. The van der Waals surface area contributed by atoms with Gasteiger partial charge in [0.15, 0.2) is 41.4 Å². The summed E-state index contributed by atoms with van der Waals surface area (Å²) < 4.78 is 40.9. The number of rotatable bonds is 8. The quantitative estimate of drug-likeness (QED) is 0.210. The van der Waals surface area contributed by atoms with Crippen molar-refractivity contribution in [3.8, 4) is 0 Å². The number of ether oxygens (including phenoxy) is 7. The minimum Gasteiger partial charge on any atom is -0.458 e. The Balaban J connectivity index is 2.56. The zero-order valence-corrected chi connectivity index (χ0v) is 32.1. The van der Waals surface area contributed by atoms with E-state index in [9.17, 15) is 33.6 Å². The van der Waals surface area contributed by atoms with Crippen molar-refractivity contribution < 1.29 is 71.5 Å². The van der Waals surface area contributed by atoms with Gasteiger partial charge in [-0.1, -0.05) is 57.7 Å². The van der Waals surface area contributed by atoms with Gasteiger partial charge in [0.25, 0.3) is 0 Å². The molecule has 1 aromatic carbocycles. The van der Waals surface area contributed by atoms with E-state index in [2.05, 4.69) is 6.58 Å². The Morgan fingerprint density at radius 1 is 0.667 bits per heavy atom. The maximum Gasteiger partial charge on any atom is 0.338 e. The molecule has 0 unspecified atom stereocenters. The normalized spacial score (nSPS) is 30.6. The van der Waals surface area contributed by atoms with E-state index in [4.69, 9.17) is 33.2 Å². The zero-order chi connectivity index (χ0) is 40.9. The topological polar surface area (TPSA) is 201 Å². The van der Waals surface area contributed by atoms with Gasteiger partial charge in [0.1, 0.15) is 6.10 Å². The molecule has 3 rings (SSSR count). The molecule has 0 amide bonds. The fraction of sp³-hybridized carbons (Fsp3) is 0.538. The second-order valence-corrected chi connectivity index (χ2v) is 14.4. The molecule has 54 heavy (non-hydrogen) atoms. The van der Waals surface area contributed by atoms with E-state index < -0.39 is 113 Å². The molecule has 1 aromatic rings. The van der Waals surface area contributed by atoms with Crippen LogP contribution in [0.5, 0.6) is 0 Å². The first-order chi connectivity index (χ1) is 25.0. The summed E-state index contributed by atoms with van der Waals surface area (Å²) in [7, 11) is 0. The highest BCUT2D eigenvalue weighted by Gasteiger charge is 2.72. The second kappa shape index (κ2) is 16.8. The molecule has 0 N–H and O–H groups in total. The minimum absolute atomic E-state index is 0.0918. The summed E-state index contributed by atoms with van der Waals surface area (Å²) >= 11 is 0. The summed E-state index contributed by atoms with van der Waals surface area (Å²) in [6.07, 6.45) is -6.18. The van der Waals surface area contributed by atoms with Gasteiger partial charge in [0.05, 0.1) is 11.5 Å². The Morgan fingerprint density at radius 3 is 1.67 bits per heavy atom. The molecule has 0 spiro atoms. The van der Waals surface area contributed by atoms with Gasteiger partial charge in [-0.3, -0.25) is 33.6 Å². The number of ketones is 1. The van der Waals surface area contributed by atoms with E-state index in [1.54, 1.807) is 32.0 Å². The number of hydrogen-bond donors (Lipinski definition) is 0. The molecule has 15 heteroatoms. The van der Waals surface area contributed by atoms with Crippen LogP contribution in [0, 0.1) is 17.3 Å². The Kier molecular flexibility index (Phi) is 13.4. The maximum absolute atomic E-state index is 15.0. The van der Waals surface area contributed by atoms with Crippen molar-refractivity contribution in [2.24, 2.45) is 17.3 Å². The van der Waals surface area contributed by atoms with Crippen LogP contribution in [-0.4, -0.2) is 89.3 Å². The largest absolute Gasteiger partial charge is 0.458 e. The zero-order valence-electron chi connectivity index (χ0n) is 32.1. The standard InChI is InChI=1S/C39H48O15/c1-20-17-18-37(9,10)35(52-26(7)44)32(50-24(5)42)31(49-23(4)41)21(2)30(48-22(3)40)29-34(51-25(6)43)38(11,19-39(29,33(20)46)53-27(8)45)54-36(47)28-15-13-12-14-16-28/h12-18,20,29-32,34-35H,2,19H2,1,3-11H3/t20-,29-,30-,31-,32+,34+,35+,38+,39+/m0/s1. The molecular weight excluding hydrogens is 708 g/mol. The number of esters is 7. The number of carbonyl (C=O) groups is 8. The fourth-order valence-electron chi connectivity index (χ4n) is 7.25. The summed E-state index contributed by atoms with van der Waals surface area (Å²) in [6.45, 7) is 16.5. The number of allylic oxidation sites excluding steroid dienone is 1. The van der Waals surface area contributed by atoms with Crippen LogP contribution in [0.3, 0.4) is 0 Å². The van der Waals surface area contributed by atoms with E-state index in [0.29, 0.717) is 0 Å². The molecule has 2 aliphatic carbocycles. The number of Topliss-reactive ketones (excluding diaryl/α,β-unsaturated/α-hetero) is 1. The molecule has 0 aliphatic heterocycles. The summed E-state index contributed by atoms with van der Waals surface area (Å²) in [5, 5.41) is 0. The Labute approximate surface area is 313 Å². The first kappa shape index (κ1) is 43.1. The third-order valence-corrected chi connectivity index (χ3v) is 9.25. The molecule has 1 fully saturated rings. The molecule has 0 heterocycles. The van der Waals surface area contributed by atoms with Crippen LogP contribution in [0.25, 0.3) is 0 Å². The Bertz CT molecular complexity index is 1710. The number of benzene rings is 1. The van der Waals surface area contributed by atoms with Gasteiger partial charge in [-0.05, 0) is 19.1 Å². The molecule has 0 saturated heterocycles. The molecule has 294 valence electrons. The number of carbonyl (C=O) groups excluding carboxylic acids is 8. The van der Waals surface area contributed by atoms with Crippen molar-refractivity contribution in [2.45, 2.75) is 117 Å². The van der Waals surface area contributed by atoms with Gasteiger partial charge < -0.3 is 33.2 Å². The highest BCUT2D eigenvalue weighted by molar-refractivity contribution is 5.94. The lowest BCUT2D eigenvalue weighted by Gasteiger charge is -2.44. The summed E-state index contributed by atoms with van der Waals surface area (Å²) in [6, 6.07) is 7.78. The van der Waals surface area contributed by atoms with Crippen molar-refractivity contribution in [1.82, 2.24) is 0 Å². The van der Waals surface area contributed by atoms with Crippen LogP contribution in [0.15, 0.2) is 54.6 Å². The summed E-state index contributed by atoms with van der Waals surface area (Å²) in [4.78, 5) is 106. The van der Waals surface area contributed by atoms with Crippen LogP contribution >= 0.6 is 0 Å². The van der Waals surface area contributed by atoms with Crippen molar-refractivity contribution in [2.75, 3.05) is 0 Å². The van der Waals surface area contributed by atoms with Crippen molar-refractivity contribution in [1.29, 1.82) is 0 Å². The molecule has 0 aromatic heterocycles. The predicted molar refractivity (Wildman–Crippen MR) is 187 cm³/mol. The van der Waals surface area contributed by atoms with Crippen molar-refractivity contribution >= 4 is 47.6 Å².